The van der Waals surface area contributed by atoms with Crippen LogP contribution in [0.2, 0.25) is 0 Å². The third kappa shape index (κ3) is 5.53. The number of hydrogen-bond donors (Lipinski definition) is 3. The van der Waals surface area contributed by atoms with Gasteiger partial charge in [0, 0.05) is 18.1 Å². The summed E-state index contributed by atoms with van der Waals surface area (Å²) in [6.45, 7) is 1.99. The molecule has 3 N–H and O–H groups in total. The van der Waals surface area contributed by atoms with E-state index in [1.54, 1.807) is 7.11 Å². The van der Waals surface area contributed by atoms with Crippen LogP contribution in [-0.4, -0.2) is 29.4 Å². The Morgan fingerprint density at radius 1 is 1.24 bits per heavy atom. The van der Waals surface area contributed by atoms with E-state index in [4.69, 9.17) is 4.74 Å². The molecule has 0 heterocycles. The summed E-state index contributed by atoms with van der Waals surface area (Å²) in [5, 5.41) is 22.6. The Morgan fingerprint density at radius 3 is 2.72 bits per heavy atom. The first-order valence-electron chi connectivity index (χ1n) is 7.97. The Balaban J connectivity index is 1.77. The number of hydrogen-bond acceptors (Lipinski definition) is 5. The smallest absolute Gasteiger partial charge is 0.240 e. The zero-order chi connectivity index (χ0) is 18.2. The van der Waals surface area contributed by atoms with Crippen LogP contribution < -0.4 is 10.2 Å². The van der Waals surface area contributed by atoms with Gasteiger partial charge in [-0.05, 0) is 49.1 Å². The molecule has 25 heavy (non-hydrogen) atoms. The molecule has 132 valence electrons. The van der Waals surface area contributed by atoms with Crippen molar-refractivity contribution in [3.8, 4) is 17.2 Å². The van der Waals surface area contributed by atoms with Gasteiger partial charge in [0.25, 0.3) is 0 Å². The average Bonchev–Trinajstić information content (AvgIpc) is 2.57. The van der Waals surface area contributed by atoms with E-state index in [0.29, 0.717) is 18.4 Å². The Labute approximate surface area is 146 Å². The van der Waals surface area contributed by atoms with Crippen molar-refractivity contribution in [1.82, 2.24) is 5.43 Å². The first kappa shape index (κ1) is 18.3. The molecule has 0 aromatic heterocycles. The van der Waals surface area contributed by atoms with Gasteiger partial charge in [-0.15, -0.1) is 0 Å². The number of ether oxygens (including phenoxy) is 1. The summed E-state index contributed by atoms with van der Waals surface area (Å²) in [6, 6.07) is 10.1. The van der Waals surface area contributed by atoms with Gasteiger partial charge in [-0.3, -0.25) is 4.79 Å². The largest absolute Gasteiger partial charge is 0.508 e. The van der Waals surface area contributed by atoms with Gasteiger partial charge in [-0.2, -0.15) is 5.10 Å². The van der Waals surface area contributed by atoms with Crippen molar-refractivity contribution in [2.45, 2.75) is 26.2 Å². The molecule has 0 radical (unpaired) electrons. The fourth-order valence-corrected chi connectivity index (χ4v) is 2.42. The number of amides is 1. The number of carbonyl (C=O) groups excluding carboxylic acids is 1. The van der Waals surface area contributed by atoms with Crippen LogP contribution in [0.4, 0.5) is 0 Å². The first-order valence-corrected chi connectivity index (χ1v) is 7.97. The zero-order valence-electron chi connectivity index (χ0n) is 14.3. The van der Waals surface area contributed by atoms with Crippen molar-refractivity contribution >= 4 is 12.1 Å². The van der Waals surface area contributed by atoms with E-state index in [1.807, 2.05) is 19.1 Å². The molecule has 2 rings (SSSR count). The van der Waals surface area contributed by atoms with Crippen LogP contribution in [0.5, 0.6) is 17.2 Å². The van der Waals surface area contributed by atoms with Crippen LogP contribution in [0.1, 0.15) is 29.5 Å². The van der Waals surface area contributed by atoms with Gasteiger partial charge in [0.1, 0.15) is 17.2 Å². The molecule has 0 spiro atoms. The summed E-state index contributed by atoms with van der Waals surface area (Å²) < 4.78 is 5.23. The molecule has 0 aliphatic heterocycles. The van der Waals surface area contributed by atoms with E-state index in [1.165, 1.54) is 24.4 Å². The second kappa shape index (κ2) is 8.73. The van der Waals surface area contributed by atoms with Crippen molar-refractivity contribution in [2.24, 2.45) is 5.10 Å². The number of carbonyl (C=O) groups is 1. The fourth-order valence-electron chi connectivity index (χ4n) is 2.42. The minimum absolute atomic E-state index is 0.0348. The number of rotatable bonds is 7. The summed E-state index contributed by atoms with van der Waals surface area (Å²) in [5.41, 5.74) is 5.06. The van der Waals surface area contributed by atoms with Crippen molar-refractivity contribution in [3.05, 3.63) is 53.1 Å². The van der Waals surface area contributed by atoms with Crippen LogP contribution in [-0.2, 0) is 11.2 Å². The summed E-state index contributed by atoms with van der Waals surface area (Å²) in [6.07, 6.45) is 3.18. The molecule has 2 aromatic rings. The number of nitrogens with one attached hydrogen (secondary N) is 1. The molecule has 0 aliphatic carbocycles. The van der Waals surface area contributed by atoms with E-state index in [-0.39, 0.29) is 17.4 Å². The molecule has 2 aromatic carbocycles. The van der Waals surface area contributed by atoms with Crippen LogP contribution in [0.25, 0.3) is 0 Å². The summed E-state index contributed by atoms with van der Waals surface area (Å²) >= 11 is 0. The molecule has 0 aliphatic rings. The van der Waals surface area contributed by atoms with Gasteiger partial charge in [0.15, 0.2) is 0 Å². The number of aromatic hydroxyl groups is 2. The molecule has 0 saturated heterocycles. The number of aryl methyl sites for hydroxylation is 2. The lowest BCUT2D eigenvalue weighted by Gasteiger charge is -2.07. The maximum atomic E-state index is 11.8. The molecule has 1 amide bonds. The van der Waals surface area contributed by atoms with Gasteiger partial charge in [-0.1, -0.05) is 12.1 Å². The fraction of sp³-hybridized carbons (Fsp3) is 0.263. The quantitative estimate of drug-likeness (QED) is 0.533. The van der Waals surface area contributed by atoms with E-state index < -0.39 is 0 Å². The topological polar surface area (TPSA) is 91.2 Å². The zero-order valence-corrected chi connectivity index (χ0v) is 14.3. The maximum Gasteiger partial charge on any atom is 0.240 e. The van der Waals surface area contributed by atoms with Crippen molar-refractivity contribution in [2.75, 3.05) is 7.11 Å². The minimum Gasteiger partial charge on any atom is -0.508 e. The summed E-state index contributed by atoms with van der Waals surface area (Å²) in [7, 11) is 1.64. The lowest BCUT2D eigenvalue weighted by molar-refractivity contribution is -0.121. The molecule has 6 heteroatoms. The number of benzene rings is 2. The predicted octanol–water partition coefficient (Wildman–Crippen LogP) is 2.89. The number of phenolic OH excluding ortho intramolecular Hbond substituents is 2. The summed E-state index contributed by atoms with van der Waals surface area (Å²) in [4.78, 5) is 11.8. The second-order valence-electron chi connectivity index (χ2n) is 5.69. The summed E-state index contributed by atoms with van der Waals surface area (Å²) in [5.74, 6) is 0.522. The lowest BCUT2D eigenvalue weighted by atomic mass is 10.1. The van der Waals surface area contributed by atoms with Crippen molar-refractivity contribution < 1.29 is 19.7 Å². The number of hydrazone groups is 1. The molecule has 0 bridgehead atoms. The van der Waals surface area contributed by atoms with Gasteiger partial charge >= 0.3 is 0 Å². The van der Waals surface area contributed by atoms with Crippen LogP contribution in [0, 0.1) is 6.92 Å². The molecular weight excluding hydrogens is 320 g/mol. The molecule has 0 unspecified atom stereocenters. The Kier molecular flexibility index (Phi) is 6.39. The number of methoxy groups -OCH3 is 1. The maximum absolute atomic E-state index is 11.8. The SMILES string of the molecule is COc1ccc(CCCC(=O)N/N=C/c2ccc(O)cc2O)cc1C. The van der Waals surface area contributed by atoms with E-state index in [2.05, 4.69) is 16.6 Å². The normalized spacial score (nSPS) is 10.8. The molecule has 0 saturated carbocycles. The molecule has 6 nitrogen and oxygen atoms in total. The number of nitrogens with zero attached hydrogens (tertiary/aromatic N) is 1. The minimum atomic E-state index is -0.195. The average molecular weight is 342 g/mol. The van der Waals surface area contributed by atoms with E-state index in [9.17, 15) is 15.0 Å². The van der Waals surface area contributed by atoms with Crippen molar-refractivity contribution in [3.63, 3.8) is 0 Å². The highest BCUT2D eigenvalue weighted by Crippen LogP contribution is 2.21. The molecule has 0 atom stereocenters. The second-order valence-corrected chi connectivity index (χ2v) is 5.69. The predicted molar refractivity (Wildman–Crippen MR) is 96.2 cm³/mol. The van der Waals surface area contributed by atoms with Crippen LogP contribution in [0.3, 0.4) is 0 Å². The van der Waals surface area contributed by atoms with Gasteiger partial charge in [0.05, 0.1) is 13.3 Å². The first-order chi connectivity index (χ1) is 12.0. The Morgan fingerprint density at radius 2 is 2.04 bits per heavy atom. The van der Waals surface area contributed by atoms with Crippen LogP contribution >= 0.6 is 0 Å². The standard InChI is InChI=1S/C19H22N2O4/c1-13-10-14(6-9-18(13)25-2)4-3-5-19(24)21-20-12-15-7-8-16(22)11-17(15)23/h6-12,22-23H,3-5H2,1-2H3,(H,21,24)/b20-12+. The monoisotopic (exact) mass is 342 g/mol. The molecular formula is C19H22N2O4. The van der Waals surface area contributed by atoms with Gasteiger partial charge in [-0.25, -0.2) is 5.43 Å². The highest BCUT2D eigenvalue weighted by molar-refractivity contribution is 5.85. The van der Waals surface area contributed by atoms with Gasteiger partial charge < -0.3 is 14.9 Å². The van der Waals surface area contributed by atoms with E-state index >= 15 is 0 Å². The lowest BCUT2D eigenvalue weighted by Crippen LogP contribution is -2.17. The van der Waals surface area contributed by atoms with E-state index in [0.717, 1.165) is 23.3 Å². The molecule has 0 fully saturated rings. The Hall–Kier alpha value is -3.02. The van der Waals surface area contributed by atoms with Gasteiger partial charge in [0.2, 0.25) is 5.91 Å². The van der Waals surface area contributed by atoms with Crippen LogP contribution in [0.15, 0.2) is 41.5 Å². The third-order valence-corrected chi connectivity index (χ3v) is 3.74. The third-order valence-electron chi connectivity index (χ3n) is 3.74. The Bertz CT molecular complexity index is 772. The van der Waals surface area contributed by atoms with Crippen molar-refractivity contribution in [1.29, 1.82) is 0 Å². The number of phenols is 2. The highest BCUT2D eigenvalue weighted by atomic mass is 16.5. The highest BCUT2D eigenvalue weighted by Gasteiger charge is 2.04.